The predicted octanol–water partition coefficient (Wildman–Crippen LogP) is 3.72. The molecule has 0 saturated heterocycles. The largest absolute Gasteiger partial charge is 0.379 e. The first kappa shape index (κ1) is 15.2. The Kier molecular flexibility index (Phi) is 7.70. The van der Waals surface area contributed by atoms with Gasteiger partial charge in [0, 0.05) is 6.61 Å². The van der Waals surface area contributed by atoms with E-state index in [1.165, 1.54) is 24.0 Å². The Balaban J connectivity index is 2.60. The third-order valence-electron chi connectivity index (χ3n) is 3.00. The number of hydrogen-bond acceptors (Lipinski definition) is 2. The highest BCUT2D eigenvalue weighted by Gasteiger charge is 2.09. The van der Waals surface area contributed by atoms with Gasteiger partial charge in [0.1, 0.15) is 0 Å². The van der Waals surface area contributed by atoms with Gasteiger partial charge in [0.05, 0.1) is 12.6 Å². The van der Waals surface area contributed by atoms with Crippen LogP contribution in [0, 0.1) is 0 Å². The molecular formula is C16H27NO. The summed E-state index contributed by atoms with van der Waals surface area (Å²) in [5.74, 6) is 0. The molecule has 1 unspecified atom stereocenters. The van der Waals surface area contributed by atoms with E-state index in [2.05, 4.69) is 50.4 Å². The van der Waals surface area contributed by atoms with E-state index in [0.29, 0.717) is 6.04 Å². The smallest absolute Gasteiger partial charge is 0.0661 e. The molecule has 1 rings (SSSR count). The summed E-state index contributed by atoms with van der Waals surface area (Å²) in [4.78, 5) is 0. The van der Waals surface area contributed by atoms with Gasteiger partial charge in [-0.15, -0.1) is 0 Å². The van der Waals surface area contributed by atoms with Crippen LogP contribution >= 0.6 is 0 Å². The van der Waals surface area contributed by atoms with Crippen LogP contribution in [0.3, 0.4) is 0 Å². The summed E-state index contributed by atoms with van der Waals surface area (Å²) < 4.78 is 5.67. The molecular weight excluding hydrogens is 222 g/mol. The summed E-state index contributed by atoms with van der Waals surface area (Å²) in [6.45, 7) is 9.06. The van der Waals surface area contributed by atoms with Crippen LogP contribution in [0.4, 0.5) is 0 Å². The molecule has 0 fully saturated rings. The molecule has 102 valence electrons. The van der Waals surface area contributed by atoms with Crippen LogP contribution in [-0.4, -0.2) is 19.8 Å². The van der Waals surface area contributed by atoms with Crippen molar-refractivity contribution in [3.05, 3.63) is 35.4 Å². The van der Waals surface area contributed by atoms with Gasteiger partial charge in [-0.2, -0.15) is 0 Å². The fraction of sp³-hybridized carbons (Fsp3) is 0.625. The summed E-state index contributed by atoms with van der Waals surface area (Å²) in [5.41, 5.74) is 2.75. The van der Waals surface area contributed by atoms with Crippen LogP contribution in [-0.2, 0) is 11.2 Å². The first-order chi connectivity index (χ1) is 8.81. The second-order valence-corrected chi connectivity index (χ2v) is 4.68. The molecule has 1 N–H and O–H groups in total. The summed E-state index contributed by atoms with van der Waals surface area (Å²) in [6, 6.07) is 9.25. The lowest BCUT2D eigenvalue weighted by Gasteiger charge is -2.18. The van der Waals surface area contributed by atoms with Crippen molar-refractivity contribution in [3.8, 4) is 0 Å². The van der Waals surface area contributed by atoms with E-state index in [0.717, 1.165) is 26.2 Å². The molecule has 0 bridgehead atoms. The first-order valence-electron chi connectivity index (χ1n) is 7.21. The molecule has 2 heteroatoms. The topological polar surface area (TPSA) is 21.3 Å². The number of nitrogens with one attached hydrogen (secondary N) is 1. The maximum absolute atomic E-state index is 5.67. The van der Waals surface area contributed by atoms with Gasteiger partial charge in [0.25, 0.3) is 0 Å². The molecule has 0 saturated carbocycles. The van der Waals surface area contributed by atoms with Crippen molar-refractivity contribution in [1.29, 1.82) is 0 Å². The van der Waals surface area contributed by atoms with Crippen molar-refractivity contribution >= 4 is 0 Å². The van der Waals surface area contributed by atoms with E-state index in [4.69, 9.17) is 4.74 Å². The van der Waals surface area contributed by atoms with Gasteiger partial charge in [-0.05, 0) is 30.5 Å². The normalized spacial score (nSPS) is 12.6. The lowest BCUT2D eigenvalue weighted by atomic mass is 10.0. The molecule has 1 aromatic carbocycles. The fourth-order valence-corrected chi connectivity index (χ4v) is 2.07. The number of aryl methyl sites for hydroxylation is 1. The molecule has 1 atom stereocenters. The van der Waals surface area contributed by atoms with Crippen LogP contribution in [0.5, 0.6) is 0 Å². The van der Waals surface area contributed by atoms with E-state index in [1.807, 2.05) is 0 Å². The van der Waals surface area contributed by atoms with Crippen LogP contribution in [0.25, 0.3) is 0 Å². The van der Waals surface area contributed by atoms with E-state index >= 15 is 0 Å². The minimum Gasteiger partial charge on any atom is -0.379 e. The standard InChI is InChI=1S/C16H27NO/c1-4-7-14-8-10-15(11-9-14)16(17-6-3)13-18-12-5-2/h8-11,16-17H,4-7,12-13H2,1-3H3. The second-order valence-electron chi connectivity index (χ2n) is 4.68. The van der Waals surface area contributed by atoms with Gasteiger partial charge in [-0.25, -0.2) is 0 Å². The minimum absolute atomic E-state index is 0.317. The van der Waals surface area contributed by atoms with Gasteiger partial charge >= 0.3 is 0 Å². The molecule has 0 aliphatic rings. The molecule has 0 aliphatic carbocycles. The Morgan fingerprint density at radius 3 is 2.33 bits per heavy atom. The molecule has 1 aromatic rings. The van der Waals surface area contributed by atoms with E-state index in [1.54, 1.807) is 0 Å². The maximum atomic E-state index is 5.67. The Morgan fingerprint density at radius 2 is 1.78 bits per heavy atom. The van der Waals surface area contributed by atoms with Crippen molar-refractivity contribution in [1.82, 2.24) is 5.32 Å². The van der Waals surface area contributed by atoms with Crippen molar-refractivity contribution < 1.29 is 4.74 Å². The maximum Gasteiger partial charge on any atom is 0.0661 e. The first-order valence-corrected chi connectivity index (χ1v) is 7.21. The predicted molar refractivity (Wildman–Crippen MR) is 78.0 cm³/mol. The molecule has 18 heavy (non-hydrogen) atoms. The van der Waals surface area contributed by atoms with Gasteiger partial charge < -0.3 is 10.1 Å². The highest BCUT2D eigenvalue weighted by Crippen LogP contribution is 2.15. The quantitative estimate of drug-likeness (QED) is 0.674. The fourth-order valence-electron chi connectivity index (χ4n) is 2.07. The summed E-state index contributed by atoms with van der Waals surface area (Å²) >= 11 is 0. The summed E-state index contributed by atoms with van der Waals surface area (Å²) in [7, 11) is 0. The molecule has 0 heterocycles. The lowest BCUT2D eigenvalue weighted by molar-refractivity contribution is 0.112. The third kappa shape index (κ3) is 5.19. The molecule has 0 aromatic heterocycles. The Hall–Kier alpha value is -0.860. The summed E-state index contributed by atoms with van der Waals surface area (Å²) in [5, 5.41) is 3.48. The molecule has 0 spiro atoms. The molecule has 0 radical (unpaired) electrons. The second kappa shape index (κ2) is 9.12. The molecule has 0 aliphatic heterocycles. The van der Waals surface area contributed by atoms with Crippen LogP contribution in [0.15, 0.2) is 24.3 Å². The van der Waals surface area contributed by atoms with Crippen LogP contribution in [0.1, 0.15) is 50.8 Å². The van der Waals surface area contributed by atoms with E-state index in [9.17, 15) is 0 Å². The Labute approximate surface area is 112 Å². The van der Waals surface area contributed by atoms with Crippen LogP contribution < -0.4 is 5.32 Å². The molecule has 2 nitrogen and oxygen atoms in total. The Bertz CT molecular complexity index is 307. The third-order valence-corrected chi connectivity index (χ3v) is 3.00. The van der Waals surface area contributed by atoms with Gasteiger partial charge in [0.15, 0.2) is 0 Å². The zero-order valence-corrected chi connectivity index (χ0v) is 12.0. The SMILES string of the molecule is CCCOCC(NCC)c1ccc(CCC)cc1. The number of ether oxygens (including phenoxy) is 1. The van der Waals surface area contributed by atoms with Gasteiger partial charge in [-0.1, -0.05) is 51.5 Å². The van der Waals surface area contributed by atoms with E-state index in [-0.39, 0.29) is 0 Å². The average Bonchev–Trinajstić information content (AvgIpc) is 2.39. The van der Waals surface area contributed by atoms with Crippen LogP contribution in [0.2, 0.25) is 0 Å². The lowest BCUT2D eigenvalue weighted by Crippen LogP contribution is -2.25. The van der Waals surface area contributed by atoms with Gasteiger partial charge in [-0.3, -0.25) is 0 Å². The zero-order chi connectivity index (χ0) is 13.2. The van der Waals surface area contributed by atoms with Crippen molar-refractivity contribution in [2.45, 2.75) is 46.1 Å². The Morgan fingerprint density at radius 1 is 1.06 bits per heavy atom. The van der Waals surface area contributed by atoms with E-state index < -0.39 is 0 Å². The van der Waals surface area contributed by atoms with Crippen molar-refractivity contribution in [2.24, 2.45) is 0 Å². The minimum atomic E-state index is 0.317. The number of benzene rings is 1. The van der Waals surface area contributed by atoms with Gasteiger partial charge in [0.2, 0.25) is 0 Å². The highest BCUT2D eigenvalue weighted by atomic mass is 16.5. The average molecular weight is 249 g/mol. The van der Waals surface area contributed by atoms with Crippen molar-refractivity contribution in [3.63, 3.8) is 0 Å². The van der Waals surface area contributed by atoms with Crippen molar-refractivity contribution in [2.75, 3.05) is 19.8 Å². The number of likely N-dealkylation sites (N-methyl/N-ethyl adjacent to an activating group) is 1. The number of hydrogen-bond donors (Lipinski definition) is 1. The number of rotatable bonds is 9. The highest BCUT2D eigenvalue weighted by molar-refractivity contribution is 5.25. The monoisotopic (exact) mass is 249 g/mol. The molecule has 0 amide bonds. The summed E-state index contributed by atoms with van der Waals surface area (Å²) in [6.07, 6.45) is 3.45. The zero-order valence-electron chi connectivity index (χ0n) is 12.0.